The van der Waals surface area contributed by atoms with Crippen molar-refractivity contribution >= 4 is 11.9 Å². The summed E-state index contributed by atoms with van der Waals surface area (Å²) in [6, 6.07) is 5.72. The Morgan fingerprint density at radius 3 is 0.745 bits per heavy atom. The van der Waals surface area contributed by atoms with Crippen molar-refractivity contribution in [1.29, 1.82) is 0 Å². The predicted molar refractivity (Wildman–Crippen MR) is 193 cm³/mol. The zero-order valence-electron chi connectivity index (χ0n) is 30.9. The van der Waals surface area contributed by atoms with Gasteiger partial charge in [-0.05, 0) is 37.8 Å². The number of pyridine rings is 1. The summed E-state index contributed by atoms with van der Waals surface area (Å²) in [5.74, 6) is -1.81. The van der Waals surface area contributed by atoms with Gasteiger partial charge in [0.2, 0.25) is 0 Å². The van der Waals surface area contributed by atoms with E-state index in [-0.39, 0.29) is 29.6 Å². The van der Waals surface area contributed by atoms with Crippen molar-refractivity contribution in [2.45, 2.75) is 219 Å². The number of nitrogens with zero attached hydrogens (tertiary/aromatic N) is 1. The quantitative estimate of drug-likeness (QED) is 0.0696. The van der Waals surface area contributed by atoms with Gasteiger partial charge < -0.3 is 19.8 Å². The number of aliphatic carboxylic acids is 2. The van der Waals surface area contributed by atoms with Crippen molar-refractivity contribution in [3.05, 3.63) is 30.6 Å². The first-order valence-corrected chi connectivity index (χ1v) is 19.8. The minimum absolute atomic E-state index is 0. The number of hydrogen-bond donors (Lipinski definition) is 0. The molecule has 0 amide bonds. The van der Waals surface area contributed by atoms with E-state index in [4.69, 9.17) is 0 Å². The number of carbonyl (C=O) groups excluding carboxylic acids is 2. The summed E-state index contributed by atoms with van der Waals surface area (Å²) in [5.41, 5.74) is 0. The average molecular weight is 705 g/mol. The van der Waals surface area contributed by atoms with E-state index in [2.05, 4.69) is 18.8 Å². The van der Waals surface area contributed by atoms with Crippen LogP contribution in [0.4, 0.5) is 0 Å². The number of rotatable bonds is 32. The third kappa shape index (κ3) is 54.3. The first-order chi connectivity index (χ1) is 22.5. The van der Waals surface area contributed by atoms with Crippen LogP contribution < -0.4 is 10.2 Å². The van der Waals surface area contributed by atoms with E-state index in [1.54, 1.807) is 12.4 Å². The Kier molecular flexibility index (Phi) is 49.7. The average Bonchev–Trinajstić information content (AvgIpc) is 3.06. The summed E-state index contributed by atoms with van der Waals surface area (Å²) < 4.78 is 0. The summed E-state index contributed by atoms with van der Waals surface area (Å²) in [5, 5.41) is 20.4. The molecule has 0 N–H and O–H groups in total. The number of aromatic nitrogens is 1. The maximum atomic E-state index is 10.2. The van der Waals surface area contributed by atoms with Gasteiger partial charge in [0.25, 0.3) is 0 Å². The summed E-state index contributed by atoms with van der Waals surface area (Å²) in [4.78, 5) is 24.2. The number of carboxylic acid groups (broad SMARTS) is 2. The third-order valence-corrected chi connectivity index (χ3v) is 8.54. The van der Waals surface area contributed by atoms with Gasteiger partial charge in [0.1, 0.15) is 0 Å². The van der Waals surface area contributed by atoms with Crippen molar-refractivity contribution in [1.82, 2.24) is 4.98 Å². The SMILES string of the molecule is CCCCCCCCCCCCCCCCCC(=O)[O-].CCCCCCCCCCCCCCCCCC(=O)[O-].[Co+2].c1ccncc1. The Morgan fingerprint density at radius 1 is 0.383 bits per heavy atom. The molecule has 0 aliphatic heterocycles. The molecular formula is C41H75CoNO4. The fourth-order valence-electron chi connectivity index (χ4n) is 5.59. The van der Waals surface area contributed by atoms with Crippen LogP contribution in [0.5, 0.6) is 0 Å². The summed E-state index contributed by atoms with van der Waals surface area (Å²) in [6.07, 6.45) is 43.2. The molecule has 5 nitrogen and oxygen atoms in total. The van der Waals surface area contributed by atoms with Crippen LogP contribution in [-0.4, -0.2) is 16.9 Å². The van der Waals surface area contributed by atoms with E-state index in [0.29, 0.717) is 0 Å². The molecular weight excluding hydrogens is 629 g/mol. The molecule has 0 saturated carbocycles. The molecule has 1 rings (SSSR count). The van der Waals surface area contributed by atoms with Crippen LogP contribution >= 0.6 is 0 Å². The molecule has 0 atom stereocenters. The number of carboxylic acids is 2. The topological polar surface area (TPSA) is 93.1 Å². The molecule has 0 fully saturated rings. The van der Waals surface area contributed by atoms with Gasteiger partial charge >= 0.3 is 16.8 Å². The second-order valence-corrected chi connectivity index (χ2v) is 13.2. The fourth-order valence-corrected chi connectivity index (χ4v) is 5.59. The number of unbranched alkanes of at least 4 members (excludes halogenated alkanes) is 28. The second kappa shape index (κ2) is 46.7. The van der Waals surface area contributed by atoms with Crippen molar-refractivity contribution in [3.8, 4) is 0 Å². The standard InChI is InChI=1S/2C18H36O2.C5H5N.Co/c2*1-2-3-4-5-6-7-8-9-10-11-12-13-14-15-16-17-18(19)20;1-2-4-6-5-3-1;/h2*2-17H2,1H3,(H,19,20);1-5H;/q;;;+2/p-2. The van der Waals surface area contributed by atoms with E-state index in [1.807, 2.05) is 18.2 Å². The molecule has 0 saturated heterocycles. The van der Waals surface area contributed by atoms with Gasteiger partial charge in [-0.1, -0.05) is 200 Å². The zero-order chi connectivity index (χ0) is 34.0. The normalized spacial score (nSPS) is 10.3. The van der Waals surface area contributed by atoms with Gasteiger partial charge in [0.05, 0.1) is 0 Å². The van der Waals surface area contributed by atoms with E-state index in [0.717, 1.165) is 25.7 Å². The number of hydrogen-bond acceptors (Lipinski definition) is 5. The maximum absolute atomic E-state index is 10.2. The molecule has 277 valence electrons. The number of carbonyl (C=O) groups is 2. The van der Waals surface area contributed by atoms with Crippen LogP contribution in [-0.2, 0) is 26.4 Å². The van der Waals surface area contributed by atoms with E-state index in [9.17, 15) is 19.8 Å². The minimum atomic E-state index is -0.903. The van der Waals surface area contributed by atoms with Crippen LogP contribution in [0.1, 0.15) is 219 Å². The van der Waals surface area contributed by atoms with Crippen LogP contribution in [0.15, 0.2) is 30.6 Å². The Hall–Kier alpha value is -1.40. The molecule has 47 heavy (non-hydrogen) atoms. The van der Waals surface area contributed by atoms with Crippen LogP contribution in [0.25, 0.3) is 0 Å². The first-order valence-electron chi connectivity index (χ1n) is 19.8. The monoisotopic (exact) mass is 705 g/mol. The van der Waals surface area contributed by atoms with E-state index >= 15 is 0 Å². The summed E-state index contributed by atoms with van der Waals surface area (Å²) in [6.45, 7) is 4.53. The van der Waals surface area contributed by atoms with Crippen molar-refractivity contribution in [2.24, 2.45) is 0 Å². The van der Waals surface area contributed by atoms with Crippen molar-refractivity contribution < 1.29 is 36.6 Å². The predicted octanol–water partition coefficient (Wildman–Crippen LogP) is 11.1. The van der Waals surface area contributed by atoms with Gasteiger partial charge in [0, 0.05) is 24.3 Å². The third-order valence-electron chi connectivity index (χ3n) is 8.54. The molecule has 0 unspecified atom stereocenters. The van der Waals surface area contributed by atoms with Gasteiger partial charge in [-0.25, -0.2) is 0 Å². The smallest absolute Gasteiger partial charge is 0.550 e. The second-order valence-electron chi connectivity index (χ2n) is 13.2. The fraction of sp³-hybridized carbons (Fsp3) is 0.829. The first kappa shape index (κ1) is 50.0. The molecule has 1 aromatic heterocycles. The minimum Gasteiger partial charge on any atom is -0.550 e. The van der Waals surface area contributed by atoms with E-state index < -0.39 is 11.9 Å². The molecule has 0 aliphatic carbocycles. The molecule has 6 heteroatoms. The van der Waals surface area contributed by atoms with Crippen LogP contribution in [0, 0.1) is 0 Å². The van der Waals surface area contributed by atoms with Gasteiger partial charge in [-0.15, -0.1) is 0 Å². The molecule has 1 aromatic rings. The van der Waals surface area contributed by atoms with E-state index in [1.165, 1.54) is 167 Å². The Morgan fingerprint density at radius 2 is 0.596 bits per heavy atom. The molecule has 1 heterocycles. The Bertz CT molecular complexity index is 633. The summed E-state index contributed by atoms with van der Waals surface area (Å²) in [7, 11) is 0. The van der Waals surface area contributed by atoms with Gasteiger partial charge in [0.15, 0.2) is 0 Å². The Labute approximate surface area is 302 Å². The van der Waals surface area contributed by atoms with Crippen molar-refractivity contribution in [2.75, 3.05) is 0 Å². The molecule has 0 aromatic carbocycles. The summed E-state index contributed by atoms with van der Waals surface area (Å²) >= 11 is 0. The molecule has 0 aliphatic rings. The van der Waals surface area contributed by atoms with Gasteiger partial charge in [-0.3, -0.25) is 4.98 Å². The molecule has 0 bridgehead atoms. The van der Waals surface area contributed by atoms with Gasteiger partial charge in [-0.2, -0.15) is 0 Å². The van der Waals surface area contributed by atoms with Crippen LogP contribution in [0.3, 0.4) is 0 Å². The zero-order valence-corrected chi connectivity index (χ0v) is 32.0. The van der Waals surface area contributed by atoms with Crippen molar-refractivity contribution in [3.63, 3.8) is 0 Å². The maximum Gasteiger partial charge on any atom is 2.00 e. The molecule has 0 spiro atoms. The largest absolute Gasteiger partial charge is 2.00 e. The Balaban J connectivity index is -0.000000684. The van der Waals surface area contributed by atoms with Crippen LogP contribution in [0.2, 0.25) is 0 Å². The molecule has 1 radical (unpaired) electrons.